The molecule has 0 saturated heterocycles. The molecule has 0 aliphatic carbocycles. The highest BCUT2D eigenvalue weighted by molar-refractivity contribution is 9.12. The van der Waals surface area contributed by atoms with E-state index in [1.165, 1.54) is 30.7 Å². The van der Waals surface area contributed by atoms with Crippen molar-refractivity contribution in [1.82, 2.24) is 0 Å². The zero-order valence-corrected chi connectivity index (χ0v) is 11.5. The predicted molar refractivity (Wildman–Crippen MR) is 63.3 cm³/mol. The molecular formula is C9H20Br2N+. The van der Waals surface area contributed by atoms with Crippen LogP contribution >= 0.6 is 31.9 Å². The van der Waals surface area contributed by atoms with E-state index in [9.17, 15) is 0 Å². The smallest absolute Gasteiger partial charge is 0.0921 e. The minimum absolute atomic E-state index is 0.609. The van der Waals surface area contributed by atoms with Gasteiger partial charge in [-0.25, -0.2) is 0 Å². The SMILES string of the molecule is CC[N+](CC)(CC)C[C@@H](Br)CBr. The van der Waals surface area contributed by atoms with Gasteiger partial charge in [0.25, 0.3) is 0 Å². The Kier molecular flexibility index (Phi) is 6.87. The van der Waals surface area contributed by atoms with E-state index < -0.39 is 0 Å². The van der Waals surface area contributed by atoms with Crippen LogP contribution in [0.4, 0.5) is 0 Å². The van der Waals surface area contributed by atoms with Crippen molar-refractivity contribution in [3.63, 3.8) is 0 Å². The number of nitrogens with zero attached hydrogens (tertiary/aromatic N) is 1. The summed E-state index contributed by atoms with van der Waals surface area (Å²) in [6.07, 6.45) is 0. The van der Waals surface area contributed by atoms with E-state index >= 15 is 0 Å². The van der Waals surface area contributed by atoms with Gasteiger partial charge in [-0.2, -0.15) is 0 Å². The Morgan fingerprint density at radius 3 is 1.75 bits per heavy atom. The molecule has 0 aromatic rings. The summed E-state index contributed by atoms with van der Waals surface area (Å²) in [5.74, 6) is 0. The average Bonchev–Trinajstić information content (AvgIpc) is 2.14. The van der Waals surface area contributed by atoms with E-state index in [-0.39, 0.29) is 0 Å². The molecule has 0 N–H and O–H groups in total. The van der Waals surface area contributed by atoms with Crippen LogP contribution < -0.4 is 0 Å². The molecule has 0 spiro atoms. The second-order valence-corrected chi connectivity index (χ2v) is 5.17. The monoisotopic (exact) mass is 300 g/mol. The van der Waals surface area contributed by atoms with Crippen LogP contribution in [-0.4, -0.2) is 40.8 Å². The molecule has 0 fully saturated rings. The van der Waals surface area contributed by atoms with Crippen LogP contribution in [0.25, 0.3) is 0 Å². The molecule has 0 saturated carbocycles. The lowest BCUT2D eigenvalue weighted by Crippen LogP contribution is -2.51. The minimum Gasteiger partial charge on any atom is -0.323 e. The lowest BCUT2D eigenvalue weighted by molar-refractivity contribution is -0.922. The van der Waals surface area contributed by atoms with Gasteiger partial charge >= 0.3 is 0 Å². The summed E-state index contributed by atoms with van der Waals surface area (Å²) in [4.78, 5) is 0.609. The Bertz CT molecular complexity index is 105. The Hall–Kier alpha value is 0.920. The number of quaternary nitrogens is 1. The lowest BCUT2D eigenvalue weighted by atomic mass is 10.3. The van der Waals surface area contributed by atoms with Crippen LogP contribution in [0.15, 0.2) is 0 Å². The molecule has 3 heteroatoms. The Balaban J connectivity index is 4.09. The standard InChI is InChI=1S/C9H20Br2N/c1-4-12(5-2,6-3)8-9(11)7-10/h9H,4-8H2,1-3H3/q+1/t9-/m0/s1. The molecule has 0 aromatic heterocycles. The fourth-order valence-corrected chi connectivity index (χ4v) is 2.35. The van der Waals surface area contributed by atoms with Crippen molar-refractivity contribution < 1.29 is 4.48 Å². The molecule has 0 aliphatic heterocycles. The lowest BCUT2D eigenvalue weighted by Gasteiger charge is -2.37. The van der Waals surface area contributed by atoms with E-state index in [0.29, 0.717) is 4.83 Å². The molecule has 0 unspecified atom stereocenters. The molecule has 0 amide bonds. The molecule has 12 heavy (non-hydrogen) atoms. The summed E-state index contributed by atoms with van der Waals surface area (Å²) in [5.41, 5.74) is 0. The molecule has 0 aromatic carbocycles. The fraction of sp³-hybridized carbons (Fsp3) is 1.00. The molecule has 0 heterocycles. The Morgan fingerprint density at radius 2 is 1.50 bits per heavy atom. The Morgan fingerprint density at radius 1 is 1.08 bits per heavy atom. The van der Waals surface area contributed by atoms with Crippen molar-refractivity contribution in [2.45, 2.75) is 25.6 Å². The fourth-order valence-electron chi connectivity index (χ4n) is 1.53. The highest BCUT2D eigenvalue weighted by Gasteiger charge is 2.23. The van der Waals surface area contributed by atoms with Crippen LogP contribution in [0.2, 0.25) is 0 Å². The summed E-state index contributed by atoms with van der Waals surface area (Å²) >= 11 is 7.17. The summed E-state index contributed by atoms with van der Waals surface area (Å²) in [7, 11) is 0. The van der Waals surface area contributed by atoms with Crippen LogP contribution in [0, 0.1) is 0 Å². The molecule has 0 aliphatic rings. The quantitative estimate of drug-likeness (QED) is 0.522. The van der Waals surface area contributed by atoms with E-state index in [0.717, 1.165) is 5.33 Å². The number of rotatable bonds is 6. The van der Waals surface area contributed by atoms with Crippen molar-refractivity contribution in [1.29, 1.82) is 0 Å². The first-order chi connectivity index (χ1) is 5.64. The van der Waals surface area contributed by atoms with Crippen LogP contribution in [0.5, 0.6) is 0 Å². The highest BCUT2D eigenvalue weighted by atomic mass is 79.9. The summed E-state index contributed by atoms with van der Waals surface area (Å²) in [6.45, 7) is 11.8. The number of alkyl halides is 2. The molecule has 74 valence electrons. The van der Waals surface area contributed by atoms with Gasteiger partial charge < -0.3 is 4.48 Å². The van der Waals surface area contributed by atoms with Crippen molar-refractivity contribution in [3.8, 4) is 0 Å². The maximum Gasteiger partial charge on any atom is 0.0921 e. The van der Waals surface area contributed by atoms with Gasteiger partial charge in [0.1, 0.15) is 0 Å². The maximum absolute atomic E-state index is 3.67. The number of hydrogen-bond acceptors (Lipinski definition) is 0. The summed E-state index contributed by atoms with van der Waals surface area (Å²) in [5, 5.41) is 1.05. The zero-order chi connectivity index (χ0) is 9.61. The third-order valence-corrected chi connectivity index (χ3v) is 5.03. The third kappa shape index (κ3) is 3.75. The van der Waals surface area contributed by atoms with Gasteiger partial charge in [0.15, 0.2) is 0 Å². The summed E-state index contributed by atoms with van der Waals surface area (Å²) in [6, 6.07) is 0. The Labute approximate surface area is 93.4 Å². The molecule has 1 nitrogen and oxygen atoms in total. The average molecular weight is 302 g/mol. The van der Waals surface area contributed by atoms with E-state index in [2.05, 4.69) is 52.6 Å². The molecular weight excluding hydrogens is 282 g/mol. The topological polar surface area (TPSA) is 0 Å². The van der Waals surface area contributed by atoms with Crippen molar-refractivity contribution in [2.75, 3.05) is 31.5 Å². The first kappa shape index (κ1) is 12.9. The van der Waals surface area contributed by atoms with Crippen molar-refractivity contribution >= 4 is 31.9 Å². The number of halogens is 2. The van der Waals surface area contributed by atoms with E-state index in [1.807, 2.05) is 0 Å². The van der Waals surface area contributed by atoms with Gasteiger partial charge in [-0.05, 0) is 20.8 Å². The van der Waals surface area contributed by atoms with Gasteiger partial charge in [0, 0.05) is 5.33 Å². The normalized spacial score (nSPS) is 14.8. The van der Waals surface area contributed by atoms with E-state index in [1.54, 1.807) is 0 Å². The van der Waals surface area contributed by atoms with Crippen LogP contribution in [0.1, 0.15) is 20.8 Å². The molecule has 0 radical (unpaired) electrons. The maximum atomic E-state index is 3.67. The van der Waals surface area contributed by atoms with Crippen LogP contribution in [0.3, 0.4) is 0 Å². The first-order valence-electron chi connectivity index (χ1n) is 4.69. The summed E-state index contributed by atoms with van der Waals surface area (Å²) < 4.78 is 1.22. The van der Waals surface area contributed by atoms with Gasteiger partial charge in [-0.3, -0.25) is 0 Å². The first-order valence-corrected chi connectivity index (χ1v) is 6.73. The molecule has 0 bridgehead atoms. The molecule has 1 atom stereocenters. The largest absolute Gasteiger partial charge is 0.323 e. The zero-order valence-electron chi connectivity index (χ0n) is 8.32. The van der Waals surface area contributed by atoms with Gasteiger partial charge in [0.2, 0.25) is 0 Å². The van der Waals surface area contributed by atoms with Gasteiger partial charge in [0.05, 0.1) is 31.0 Å². The third-order valence-electron chi connectivity index (χ3n) is 2.77. The number of hydrogen-bond donors (Lipinski definition) is 0. The predicted octanol–water partition coefficient (Wildman–Crippen LogP) is 3.02. The minimum atomic E-state index is 0.609. The van der Waals surface area contributed by atoms with E-state index in [4.69, 9.17) is 0 Å². The second-order valence-electron chi connectivity index (χ2n) is 3.22. The highest BCUT2D eigenvalue weighted by Crippen LogP contribution is 2.13. The van der Waals surface area contributed by atoms with Crippen LogP contribution in [-0.2, 0) is 0 Å². The van der Waals surface area contributed by atoms with Crippen molar-refractivity contribution in [3.05, 3.63) is 0 Å². The second kappa shape index (κ2) is 6.39. The molecule has 0 rings (SSSR count). The van der Waals surface area contributed by atoms with Gasteiger partial charge in [-0.1, -0.05) is 31.9 Å². The van der Waals surface area contributed by atoms with Gasteiger partial charge in [-0.15, -0.1) is 0 Å². The van der Waals surface area contributed by atoms with Crippen molar-refractivity contribution in [2.24, 2.45) is 0 Å².